The lowest BCUT2D eigenvalue weighted by atomic mass is 10.2. The van der Waals surface area contributed by atoms with Crippen LogP contribution >= 0.6 is 11.8 Å². The van der Waals surface area contributed by atoms with Gasteiger partial charge in [0.2, 0.25) is 0 Å². The molecule has 0 spiro atoms. The Hall–Kier alpha value is -0.930. The van der Waals surface area contributed by atoms with Crippen LogP contribution in [0.4, 0.5) is 0 Å². The van der Waals surface area contributed by atoms with Gasteiger partial charge < -0.3 is 10.3 Å². The number of rotatable bonds is 5. The molecule has 1 heterocycles. The summed E-state index contributed by atoms with van der Waals surface area (Å²) in [5.41, 5.74) is 2.57. The highest BCUT2D eigenvalue weighted by molar-refractivity contribution is 7.98. The monoisotopic (exact) mass is 234 g/mol. The van der Waals surface area contributed by atoms with E-state index in [1.165, 1.54) is 16.5 Å². The van der Waals surface area contributed by atoms with Gasteiger partial charge in [-0.15, -0.1) is 0 Å². The van der Waals surface area contributed by atoms with Crippen molar-refractivity contribution in [2.24, 2.45) is 0 Å². The van der Waals surface area contributed by atoms with Crippen molar-refractivity contribution in [3.8, 4) is 0 Å². The summed E-state index contributed by atoms with van der Waals surface area (Å²) in [5, 5.41) is 4.86. The second-order valence-electron chi connectivity index (χ2n) is 4.10. The van der Waals surface area contributed by atoms with E-state index in [9.17, 15) is 0 Å². The van der Waals surface area contributed by atoms with Crippen molar-refractivity contribution in [3.05, 3.63) is 36.0 Å². The van der Waals surface area contributed by atoms with Crippen molar-refractivity contribution in [1.29, 1.82) is 0 Å². The smallest absolute Gasteiger partial charge is 0.0457 e. The molecule has 2 rings (SSSR count). The number of hydrogen-bond donors (Lipinski definition) is 2. The van der Waals surface area contributed by atoms with E-state index in [4.69, 9.17) is 0 Å². The van der Waals surface area contributed by atoms with Gasteiger partial charge in [-0.05, 0) is 24.8 Å². The first-order valence-corrected chi connectivity index (χ1v) is 6.98. The summed E-state index contributed by atoms with van der Waals surface area (Å²) >= 11 is 1.88. The van der Waals surface area contributed by atoms with Crippen molar-refractivity contribution in [3.63, 3.8) is 0 Å². The minimum Gasteiger partial charge on any atom is -0.361 e. The lowest BCUT2D eigenvalue weighted by Crippen LogP contribution is -2.27. The Labute approximate surface area is 101 Å². The minimum atomic E-state index is 0.559. The SMILES string of the molecule is CSCC(C)NCc1c[nH]c2ccccc12. The van der Waals surface area contributed by atoms with Gasteiger partial charge in [0.05, 0.1) is 0 Å². The van der Waals surface area contributed by atoms with E-state index in [1.807, 2.05) is 11.8 Å². The average molecular weight is 234 g/mol. The number of H-pyrrole nitrogens is 1. The molecule has 16 heavy (non-hydrogen) atoms. The molecule has 0 saturated heterocycles. The summed E-state index contributed by atoms with van der Waals surface area (Å²) in [6.45, 7) is 3.16. The van der Waals surface area contributed by atoms with E-state index in [0.29, 0.717) is 6.04 Å². The Morgan fingerprint density at radius 2 is 2.19 bits per heavy atom. The van der Waals surface area contributed by atoms with Crippen LogP contribution in [0.2, 0.25) is 0 Å². The van der Waals surface area contributed by atoms with Crippen LogP contribution in [0, 0.1) is 0 Å². The summed E-state index contributed by atoms with van der Waals surface area (Å²) in [6, 6.07) is 8.99. The Bertz CT molecular complexity index is 450. The molecule has 2 aromatic rings. The summed E-state index contributed by atoms with van der Waals surface area (Å²) in [4.78, 5) is 3.30. The Balaban J connectivity index is 2.04. The van der Waals surface area contributed by atoms with Gasteiger partial charge in [-0.25, -0.2) is 0 Å². The molecule has 0 aliphatic rings. The fourth-order valence-corrected chi connectivity index (χ4v) is 2.49. The molecular formula is C13H18N2S. The zero-order chi connectivity index (χ0) is 11.4. The van der Waals surface area contributed by atoms with E-state index < -0.39 is 0 Å². The standard InChI is InChI=1S/C13H18N2S/c1-10(9-16-2)14-7-11-8-15-13-6-4-3-5-12(11)13/h3-6,8,10,14-15H,7,9H2,1-2H3. The summed E-state index contributed by atoms with van der Waals surface area (Å²) < 4.78 is 0. The highest BCUT2D eigenvalue weighted by Gasteiger charge is 2.04. The van der Waals surface area contributed by atoms with Gasteiger partial charge >= 0.3 is 0 Å². The molecule has 2 nitrogen and oxygen atoms in total. The lowest BCUT2D eigenvalue weighted by Gasteiger charge is -2.11. The van der Waals surface area contributed by atoms with Crippen LogP contribution in [-0.2, 0) is 6.54 Å². The highest BCUT2D eigenvalue weighted by Crippen LogP contribution is 2.17. The Kier molecular flexibility index (Phi) is 3.91. The molecule has 1 atom stereocenters. The molecule has 0 radical (unpaired) electrons. The number of thioether (sulfide) groups is 1. The van der Waals surface area contributed by atoms with Gasteiger partial charge in [-0.1, -0.05) is 18.2 Å². The van der Waals surface area contributed by atoms with Gasteiger partial charge in [0.25, 0.3) is 0 Å². The quantitative estimate of drug-likeness (QED) is 0.832. The largest absolute Gasteiger partial charge is 0.361 e. The third-order valence-corrected chi connectivity index (χ3v) is 3.57. The third kappa shape index (κ3) is 2.60. The normalized spacial score (nSPS) is 13.1. The summed E-state index contributed by atoms with van der Waals surface area (Å²) in [6.07, 6.45) is 4.24. The molecular weight excluding hydrogens is 216 g/mol. The fourth-order valence-electron chi connectivity index (χ4n) is 1.87. The van der Waals surface area contributed by atoms with Crippen LogP contribution in [-0.4, -0.2) is 23.0 Å². The predicted molar refractivity (Wildman–Crippen MR) is 73.0 cm³/mol. The number of aromatic nitrogens is 1. The van der Waals surface area contributed by atoms with Crippen LogP contribution in [0.25, 0.3) is 10.9 Å². The Morgan fingerprint density at radius 3 is 3.00 bits per heavy atom. The molecule has 0 bridgehead atoms. The molecule has 0 amide bonds. The van der Waals surface area contributed by atoms with E-state index in [2.05, 4.69) is 53.9 Å². The maximum absolute atomic E-state index is 3.54. The van der Waals surface area contributed by atoms with Gasteiger partial charge in [-0.3, -0.25) is 0 Å². The second-order valence-corrected chi connectivity index (χ2v) is 5.01. The summed E-state index contributed by atoms with van der Waals surface area (Å²) in [5.74, 6) is 1.16. The van der Waals surface area contributed by atoms with Crippen LogP contribution < -0.4 is 5.32 Å². The number of fused-ring (bicyclic) bond motifs is 1. The van der Waals surface area contributed by atoms with Crippen LogP contribution in [0.5, 0.6) is 0 Å². The third-order valence-electron chi connectivity index (χ3n) is 2.73. The number of aromatic amines is 1. The summed E-state index contributed by atoms with van der Waals surface area (Å²) in [7, 11) is 0. The lowest BCUT2D eigenvalue weighted by molar-refractivity contribution is 0.598. The molecule has 1 aromatic heterocycles. The zero-order valence-electron chi connectivity index (χ0n) is 9.79. The fraction of sp³-hybridized carbons (Fsp3) is 0.385. The molecule has 1 unspecified atom stereocenters. The van der Waals surface area contributed by atoms with Gasteiger partial charge in [0.15, 0.2) is 0 Å². The predicted octanol–water partition coefficient (Wildman–Crippen LogP) is 3.01. The first-order valence-electron chi connectivity index (χ1n) is 5.58. The highest BCUT2D eigenvalue weighted by atomic mass is 32.2. The van der Waals surface area contributed by atoms with Crippen LogP contribution in [0.3, 0.4) is 0 Å². The molecule has 0 aliphatic carbocycles. The van der Waals surface area contributed by atoms with E-state index >= 15 is 0 Å². The maximum atomic E-state index is 3.54. The first-order chi connectivity index (χ1) is 7.81. The molecule has 0 saturated carbocycles. The van der Waals surface area contributed by atoms with Crippen LogP contribution in [0.1, 0.15) is 12.5 Å². The zero-order valence-corrected chi connectivity index (χ0v) is 10.6. The van der Waals surface area contributed by atoms with Crippen molar-refractivity contribution in [1.82, 2.24) is 10.3 Å². The molecule has 3 heteroatoms. The van der Waals surface area contributed by atoms with E-state index in [0.717, 1.165) is 12.3 Å². The minimum absolute atomic E-state index is 0.559. The molecule has 0 aliphatic heterocycles. The first kappa shape index (κ1) is 11.6. The van der Waals surface area contributed by atoms with Gasteiger partial charge in [0, 0.05) is 35.4 Å². The molecule has 2 N–H and O–H groups in total. The number of para-hydroxylation sites is 1. The topological polar surface area (TPSA) is 27.8 Å². The Morgan fingerprint density at radius 1 is 1.38 bits per heavy atom. The van der Waals surface area contributed by atoms with E-state index in [-0.39, 0.29) is 0 Å². The number of nitrogens with one attached hydrogen (secondary N) is 2. The molecule has 86 valence electrons. The van der Waals surface area contributed by atoms with Gasteiger partial charge in [-0.2, -0.15) is 11.8 Å². The molecule has 1 aromatic carbocycles. The van der Waals surface area contributed by atoms with Crippen LogP contribution in [0.15, 0.2) is 30.5 Å². The van der Waals surface area contributed by atoms with Crippen molar-refractivity contribution in [2.45, 2.75) is 19.5 Å². The molecule has 0 fully saturated rings. The number of hydrogen-bond acceptors (Lipinski definition) is 2. The van der Waals surface area contributed by atoms with E-state index in [1.54, 1.807) is 0 Å². The van der Waals surface area contributed by atoms with Crippen molar-refractivity contribution in [2.75, 3.05) is 12.0 Å². The van der Waals surface area contributed by atoms with Gasteiger partial charge in [0.1, 0.15) is 0 Å². The van der Waals surface area contributed by atoms with Crippen molar-refractivity contribution >= 4 is 22.7 Å². The second kappa shape index (κ2) is 5.41. The average Bonchev–Trinajstić information content (AvgIpc) is 2.70. The number of benzene rings is 1. The van der Waals surface area contributed by atoms with Crippen molar-refractivity contribution < 1.29 is 0 Å². The maximum Gasteiger partial charge on any atom is 0.0457 e.